The normalized spacial score (nSPS) is 17.9. The molecular weight excluding hydrogens is 264 g/mol. The fourth-order valence-electron chi connectivity index (χ4n) is 1.64. The van der Waals surface area contributed by atoms with Gasteiger partial charge < -0.3 is 5.73 Å². The maximum atomic E-state index is 13.7. The Balaban J connectivity index is 2.44. The average Bonchev–Trinajstić information content (AvgIpc) is 2.89. The third-order valence-corrected chi connectivity index (χ3v) is 3.43. The zero-order valence-corrected chi connectivity index (χ0v) is 10.00. The van der Waals surface area contributed by atoms with Crippen LogP contribution in [0, 0.1) is 18.6 Å². The van der Waals surface area contributed by atoms with Gasteiger partial charge in [-0.25, -0.2) is 8.78 Å². The number of hydrogen-bond acceptors (Lipinski definition) is 1. The third kappa shape index (κ3) is 2.06. The maximum absolute atomic E-state index is 13.7. The fourth-order valence-corrected chi connectivity index (χ4v) is 2.22. The molecule has 0 heterocycles. The molecule has 0 bridgehead atoms. The Labute approximate surface area is 95.8 Å². The molecule has 4 heteroatoms. The van der Waals surface area contributed by atoms with E-state index in [2.05, 4.69) is 15.9 Å². The molecule has 0 radical (unpaired) electrons. The van der Waals surface area contributed by atoms with E-state index < -0.39 is 11.6 Å². The molecule has 0 saturated heterocycles. The zero-order valence-electron chi connectivity index (χ0n) is 8.41. The molecule has 0 spiro atoms. The van der Waals surface area contributed by atoms with Gasteiger partial charge in [-0.2, -0.15) is 0 Å². The van der Waals surface area contributed by atoms with Gasteiger partial charge in [-0.3, -0.25) is 0 Å². The molecule has 1 aromatic carbocycles. The van der Waals surface area contributed by atoms with E-state index in [0.29, 0.717) is 10.0 Å². The van der Waals surface area contributed by atoms with E-state index in [9.17, 15) is 8.78 Å². The van der Waals surface area contributed by atoms with Crippen LogP contribution in [0.1, 0.15) is 24.0 Å². The topological polar surface area (TPSA) is 26.0 Å². The number of nitrogens with two attached hydrogens (primary N) is 1. The van der Waals surface area contributed by atoms with Gasteiger partial charge in [-0.05, 0) is 53.7 Å². The van der Waals surface area contributed by atoms with Crippen LogP contribution in [-0.4, -0.2) is 5.54 Å². The Morgan fingerprint density at radius 1 is 1.40 bits per heavy atom. The van der Waals surface area contributed by atoms with Crippen molar-refractivity contribution in [3.8, 4) is 0 Å². The monoisotopic (exact) mass is 275 g/mol. The summed E-state index contributed by atoms with van der Waals surface area (Å²) in [4.78, 5) is 0. The quantitative estimate of drug-likeness (QED) is 0.825. The SMILES string of the molecule is Cc1cc(Br)c(F)c(CC2(N)CC2)c1F. The molecule has 0 aliphatic heterocycles. The van der Waals surface area contributed by atoms with Crippen molar-refractivity contribution in [3.05, 3.63) is 33.3 Å². The summed E-state index contributed by atoms with van der Waals surface area (Å²) in [6.07, 6.45) is 1.97. The lowest BCUT2D eigenvalue weighted by Gasteiger charge is -2.13. The van der Waals surface area contributed by atoms with E-state index in [4.69, 9.17) is 5.73 Å². The molecule has 1 aliphatic rings. The minimum absolute atomic E-state index is 0.113. The van der Waals surface area contributed by atoms with Crippen molar-refractivity contribution >= 4 is 15.9 Å². The van der Waals surface area contributed by atoms with Crippen molar-refractivity contribution < 1.29 is 8.78 Å². The number of halogens is 3. The van der Waals surface area contributed by atoms with Crippen molar-refractivity contribution in [1.29, 1.82) is 0 Å². The summed E-state index contributed by atoms with van der Waals surface area (Å²) >= 11 is 3.08. The van der Waals surface area contributed by atoms with Gasteiger partial charge in [0, 0.05) is 11.1 Å². The highest BCUT2D eigenvalue weighted by Crippen LogP contribution is 2.38. The fraction of sp³-hybridized carbons (Fsp3) is 0.455. The van der Waals surface area contributed by atoms with Crippen LogP contribution in [0.2, 0.25) is 0 Å². The van der Waals surface area contributed by atoms with Gasteiger partial charge in [-0.15, -0.1) is 0 Å². The molecule has 2 N–H and O–H groups in total. The van der Waals surface area contributed by atoms with E-state index in [0.717, 1.165) is 12.8 Å². The Kier molecular flexibility index (Phi) is 2.59. The molecular formula is C11H12BrF2N. The van der Waals surface area contributed by atoms with Crippen LogP contribution < -0.4 is 5.73 Å². The van der Waals surface area contributed by atoms with Crippen LogP contribution in [0.15, 0.2) is 10.5 Å². The highest BCUT2D eigenvalue weighted by molar-refractivity contribution is 9.10. The molecule has 0 unspecified atom stereocenters. The van der Waals surface area contributed by atoms with Crippen molar-refractivity contribution in [1.82, 2.24) is 0 Å². The number of rotatable bonds is 2. The van der Waals surface area contributed by atoms with Gasteiger partial charge in [0.05, 0.1) is 4.47 Å². The molecule has 1 aliphatic carbocycles. The van der Waals surface area contributed by atoms with Gasteiger partial charge in [0.1, 0.15) is 11.6 Å². The number of aryl methyl sites for hydroxylation is 1. The molecule has 1 saturated carbocycles. The van der Waals surface area contributed by atoms with Gasteiger partial charge in [0.2, 0.25) is 0 Å². The predicted octanol–water partition coefficient (Wildman–Crippen LogP) is 3.07. The summed E-state index contributed by atoms with van der Waals surface area (Å²) in [6.45, 7) is 1.62. The first-order chi connectivity index (χ1) is 6.93. The van der Waals surface area contributed by atoms with Crippen LogP contribution in [-0.2, 0) is 6.42 Å². The zero-order chi connectivity index (χ0) is 11.2. The second kappa shape index (κ2) is 3.52. The Morgan fingerprint density at radius 2 is 2.00 bits per heavy atom. The van der Waals surface area contributed by atoms with Crippen LogP contribution in [0.3, 0.4) is 0 Å². The first-order valence-corrected chi connectivity index (χ1v) is 5.64. The highest BCUT2D eigenvalue weighted by atomic mass is 79.9. The summed E-state index contributed by atoms with van der Waals surface area (Å²) in [7, 11) is 0. The van der Waals surface area contributed by atoms with Crippen LogP contribution >= 0.6 is 15.9 Å². The summed E-state index contributed by atoms with van der Waals surface area (Å²) in [5.74, 6) is -0.984. The Morgan fingerprint density at radius 3 is 2.53 bits per heavy atom. The van der Waals surface area contributed by atoms with Crippen LogP contribution in [0.5, 0.6) is 0 Å². The lowest BCUT2D eigenvalue weighted by Crippen LogP contribution is -2.26. The molecule has 0 aromatic heterocycles. The molecule has 1 aromatic rings. The van der Waals surface area contributed by atoms with Gasteiger partial charge in [0.15, 0.2) is 0 Å². The Hall–Kier alpha value is -0.480. The van der Waals surface area contributed by atoms with E-state index >= 15 is 0 Å². The maximum Gasteiger partial charge on any atom is 0.143 e. The Bertz CT molecular complexity index is 387. The largest absolute Gasteiger partial charge is 0.325 e. The smallest absolute Gasteiger partial charge is 0.143 e. The van der Waals surface area contributed by atoms with Gasteiger partial charge >= 0.3 is 0 Å². The minimum Gasteiger partial charge on any atom is -0.325 e. The van der Waals surface area contributed by atoms with Crippen molar-refractivity contribution in [3.63, 3.8) is 0 Å². The van der Waals surface area contributed by atoms with E-state index in [1.807, 2.05) is 0 Å². The number of hydrogen-bond donors (Lipinski definition) is 1. The standard InChI is InChI=1S/C11H12BrF2N/c1-6-4-8(12)10(14)7(9(6)13)5-11(15)2-3-11/h4H,2-3,5,15H2,1H3. The molecule has 1 nitrogen and oxygen atoms in total. The first kappa shape index (κ1) is 11.0. The number of benzene rings is 1. The molecule has 0 amide bonds. The molecule has 0 atom stereocenters. The van der Waals surface area contributed by atoms with Gasteiger partial charge in [-0.1, -0.05) is 0 Å². The third-order valence-electron chi connectivity index (χ3n) is 2.85. The highest BCUT2D eigenvalue weighted by Gasteiger charge is 2.39. The van der Waals surface area contributed by atoms with Crippen molar-refractivity contribution in [2.24, 2.45) is 5.73 Å². The predicted molar refractivity (Wildman–Crippen MR) is 58.7 cm³/mol. The second-order valence-electron chi connectivity index (χ2n) is 4.32. The van der Waals surface area contributed by atoms with Crippen molar-refractivity contribution in [2.75, 3.05) is 0 Å². The molecule has 1 fully saturated rings. The summed E-state index contributed by atoms with van der Waals surface area (Å²) in [5, 5.41) is 0. The average molecular weight is 276 g/mol. The second-order valence-corrected chi connectivity index (χ2v) is 5.18. The van der Waals surface area contributed by atoms with Crippen molar-refractivity contribution in [2.45, 2.75) is 31.7 Å². The molecule has 2 rings (SSSR count). The molecule has 15 heavy (non-hydrogen) atoms. The summed E-state index contributed by atoms with van der Waals surface area (Å²) in [5.41, 5.74) is 6.05. The van der Waals surface area contributed by atoms with Crippen LogP contribution in [0.4, 0.5) is 8.78 Å². The lowest BCUT2D eigenvalue weighted by atomic mass is 10.0. The lowest BCUT2D eigenvalue weighted by molar-refractivity contribution is 0.523. The molecule has 82 valence electrons. The van der Waals surface area contributed by atoms with E-state index in [1.165, 1.54) is 6.07 Å². The van der Waals surface area contributed by atoms with E-state index in [1.54, 1.807) is 6.92 Å². The van der Waals surface area contributed by atoms with Gasteiger partial charge in [0.25, 0.3) is 0 Å². The summed E-state index contributed by atoms with van der Waals surface area (Å²) in [6, 6.07) is 1.45. The first-order valence-electron chi connectivity index (χ1n) is 4.85. The van der Waals surface area contributed by atoms with Crippen LogP contribution in [0.25, 0.3) is 0 Å². The van der Waals surface area contributed by atoms with E-state index in [-0.39, 0.29) is 17.5 Å². The minimum atomic E-state index is -0.519. The summed E-state index contributed by atoms with van der Waals surface area (Å²) < 4.78 is 27.6.